The first-order valence-corrected chi connectivity index (χ1v) is 9.83. The van der Waals surface area contributed by atoms with Gasteiger partial charge in [-0.2, -0.15) is 0 Å². The number of nitrogens with one attached hydrogen (secondary N) is 1. The highest BCUT2D eigenvalue weighted by Crippen LogP contribution is 2.21. The summed E-state index contributed by atoms with van der Waals surface area (Å²) in [4.78, 5) is 16.4. The van der Waals surface area contributed by atoms with Crippen LogP contribution < -0.4 is 5.32 Å². The Labute approximate surface area is 174 Å². The fourth-order valence-electron chi connectivity index (χ4n) is 2.95. The second-order valence-corrected chi connectivity index (χ2v) is 6.95. The van der Waals surface area contributed by atoms with Crippen LogP contribution in [0.2, 0.25) is 0 Å². The van der Waals surface area contributed by atoms with Crippen LogP contribution in [0.4, 0.5) is 0 Å². The molecular formula is C23H22N4O3. The summed E-state index contributed by atoms with van der Waals surface area (Å²) in [5, 5.41) is 10.9. The lowest BCUT2D eigenvalue weighted by Gasteiger charge is -2.02. The molecule has 4 aromatic rings. The van der Waals surface area contributed by atoms with Crippen LogP contribution in [0, 0.1) is 6.92 Å². The van der Waals surface area contributed by atoms with E-state index >= 15 is 0 Å². The van der Waals surface area contributed by atoms with Crippen molar-refractivity contribution >= 4 is 5.91 Å². The van der Waals surface area contributed by atoms with Gasteiger partial charge in [-0.05, 0) is 19.1 Å². The van der Waals surface area contributed by atoms with Gasteiger partial charge in [0.15, 0.2) is 11.7 Å². The van der Waals surface area contributed by atoms with Gasteiger partial charge in [0.1, 0.15) is 0 Å². The van der Waals surface area contributed by atoms with Crippen LogP contribution in [0.25, 0.3) is 22.8 Å². The predicted octanol–water partition coefficient (Wildman–Crippen LogP) is 3.99. The Balaban J connectivity index is 1.21. The third-order valence-electron chi connectivity index (χ3n) is 4.60. The van der Waals surface area contributed by atoms with Crippen molar-refractivity contribution in [2.75, 3.05) is 6.54 Å². The molecule has 0 spiro atoms. The fraction of sp³-hybridized carbons (Fsp3) is 0.217. The number of aryl methyl sites for hydroxylation is 2. The molecule has 0 radical (unpaired) electrons. The first kappa shape index (κ1) is 19.6. The molecular weight excluding hydrogens is 380 g/mol. The van der Waals surface area contributed by atoms with Gasteiger partial charge < -0.3 is 14.2 Å². The lowest BCUT2D eigenvalue weighted by Crippen LogP contribution is -2.26. The normalized spacial score (nSPS) is 10.8. The van der Waals surface area contributed by atoms with Crippen molar-refractivity contribution in [1.82, 2.24) is 20.5 Å². The van der Waals surface area contributed by atoms with E-state index in [1.807, 2.05) is 61.5 Å². The number of aromatic nitrogens is 3. The molecule has 4 rings (SSSR count). The maximum Gasteiger partial charge on any atom is 0.247 e. The van der Waals surface area contributed by atoms with Gasteiger partial charge in [0.2, 0.25) is 17.7 Å². The molecule has 7 heteroatoms. The predicted molar refractivity (Wildman–Crippen MR) is 111 cm³/mol. The van der Waals surface area contributed by atoms with E-state index in [0.717, 1.165) is 11.1 Å². The van der Waals surface area contributed by atoms with Crippen molar-refractivity contribution in [1.29, 1.82) is 0 Å². The van der Waals surface area contributed by atoms with Crippen molar-refractivity contribution < 1.29 is 13.6 Å². The molecule has 2 aromatic heterocycles. The monoisotopic (exact) mass is 402 g/mol. The van der Waals surface area contributed by atoms with Crippen LogP contribution >= 0.6 is 0 Å². The molecule has 1 amide bonds. The Hall–Kier alpha value is -3.74. The van der Waals surface area contributed by atoms with Crippen molar-refractivity contribution in [3.8, 4) is 22.8 Å². The van der Waals surface area contributed by atoms with Crippen LogP contribution in [0.3, 0.4) is 0 Å². The van der Waals surface area contributed by atoms with Crippen LogP contribution in [-0.4, -0.2) is 27.6 Å². The summed E-state index contributed by atoms with van der Waals surface area (Å²) in [5.74, 6) is 2.14. The molecule has 2 heterocycles. The van der Waals surface area contributed by atoms with Gasteiger partial charge in [-0.1, -0.05) is 48.0 Å². The van der Waals surface area contributed by atoms with Crippen LogP contribution in [-0.2, 0) is 17.6 Å². The second kappa shape index (κ2) is 9.17. The van der Waals surface area contributed by atoms with Gasteiger partial charge in [-0.15, -0.1) is 10.2 Å². The maximum absolute atomic E-state index is 12.1. The molecule has 0 aliphatic heterocycles. The van der Waals surface area contributed by atoms with E-state index < -0.39 is 0 Å². The number of oxazole rings is 1. The standard InChI is InChI=1S/C23H22N4O3/c1-16-7-9-17(10-8-16)19-15-25-21(29-19)12-11-20(28)24-14-13-22-26-27-23(30-22)18-5-3-2-4-6-18/h2-10,15H,11-14H2,1H3,(H,24,28). The first-order valence-electron chi connectivity index (χ1n) is 9.83. The van der Waals surface area contributed by atoms with E-state index in [9.17, 15) is 4.79 Å². The molecule has 0 unspecified atom stereocenters. The molecule has 0 aliphatic carbocycles. The summed E-state index contributed by atoms with van der Waals surface area (Å²) >= 11 is 0. The smallest absolute Gasteiger partial charge is 0.247 e. The number of carbonyl (C=O) groups excluding carboxylic acids is 1. The molecule has 30 heavy (non-hydrogen) atoms. The molecule has 1 N–H and O–H groups in total. The maximum atomic E-state index is 12.1. The van der Waals surface area contributed by atoms with Crippen molar-refractivity contribution in [2.24, 2.45) is 0 Å². The minimum atomic E-state index is -0.0760. The zero-order chi connectivity index (χ0) is 20.8. The number of nitrogens with zero attached hydrogens (tertiary/aromatic N) is 3. The zero-order valence-corrected chi connectivity index (χ0v) is 16.7. The molecule has 0 fully saturated rings. The van der Waals surface area contributed by atoms with Crippen molar-refractivity contribution in [2.45, 2.75) is 26.2 Å². The van der Waals surface area contributed by atoms with Crippen LogP contribution in [0.15, 0.2) is 69.6 Å². The van der Waals surface area contributed by atoms with E-state index in [4.69, 9.17) is 8.83 Å². The number of rotatable bonds is 8. The minimum Gasteiger partial charge on any atom is -0.441 e. The molecule has 0 saturated heterocycles. The zero-order valence-electron chi connectivity index (χ0n) is 16.7. The van der Waals surface area contributed by atoms with E-state index in [1.165, 1.54) is 5.56 Å². The number of hydrogen-bond donors (Lipinski definition) is 1. The quantitative estimate of drug-likeness (QED) is 0.479. The summed E-state index contributed by atoms with van der Waals surface area (Å²) in [6.07, 6.45) is 2.91. The van der Waals surface area contributed by atoms with Crippen LogP contribution in [0.5, 0.6) is 0 Å². The molecule has 0 aliphatic rings. The summed E-state index contributed by atoms with van der Waals surface area (Å²) < 4.78 is 11.4. The third-order valence-corrected chi connectivity index (χ3v) is 4.60. The van der Waals surface area contributed by atoms with E-state index in [2.05, 4.69) is 20.5 Å². The topological polar surface area (TPSA) is 94.1 Å². The number of hydrogen-bond acceptors (Lipinski definition) is 6. The SMILES string of the molecule is Cc1ccc(-c2cnc(CCC(=O)NCCc3nnc(-c4ccccc4)o3)o2)cc1. The fourth-order valence-corrected chi connectivity index (χ4v) is 2.95. The highest BCUT2D eigenvalue weighted by molar-refractivity contribution is 5.76. The first-order chi connectivity index (χ1) is 14.7. The Bertz CT molecular complexity index is 1100. The highest BCUT2D eigenvalue weighted by atomic mass is 16.4. The Morgan fingerprint density at radius 3 is 2.50 bits per heavy atom. The lowest BCUT2D eigenvalue weighted by atomic mass is 10.1. The van der Waals surface area contributed by atoms with Gasteiger partial charge in [-0.25, -0.2) is 4.98 Å². The third kappa shape index (κ3) is 5.00. The van der Waals surface area contributed by atoms with Gasteiger partial charge >= 0.3 is 0 Å². The van der Waals surface area contributed by atoms with Crippen LogP contribution in [0.1, 0.15) is 23.8 Å². The van der Waals surface area contributed by atoms with Gasteiger partial charge in [-0.3, -0.25) is 4.79 Å². The number of benzene rings is 2. The average Bonchev–Trinajstić information content (AvgIpc) is 3.43. The van der Waals surface area contributed by atoms with Crippen molar-refractivity contribution in [3.05, 3.63) is 78.1 Å². The Morgan fingerprint density at radius 1 is 0.900 bits per heavy atom. The van der Waals surface area contributed by atoms with E-state index in [1.54, 1.807) is 6.20 Å². The largest absolute Gasteiger partial charge is 0.441 e. The molecule has 0 saturated carbocycles. The summed E-state index contributed by atoms with van der Waals surface area (Å²) in [7, 11) is 0. The van der Waals surface area contributed by atoms with Gasteiger partial charge in [0.25, 0.3) is 0 Å². The summed E-state index contributed by atoms with van der Waals surface area (Å²) in [6.45, 7) is 2.46. The minimum absolute atomic E-state index is 0.0760. The molecule has 7 nitrogen and oxygen atoms in total. The molecule has 152 valence electrons. The van der Waals surface area contributed by atoms with Gasteiger partial charge in [0, 0.05) is 36.9 Å². The number of carbonyl (C=O) groups is 1. The Morgan fingerprint density at radius 2 is 1.70 bits per heavy atom. The van der Waals surface area contributed by atoms with Crippen molar-refractivity contribution in [3.63, 3.8) is 0 Å². The second-order valence-electron chi connectivity index (χ2n) is 6.95. The molecule has 0 bridgehead atoms. The summed E-state index contributed by atoms with van der Waals surface area (Å²) in [5.41, 5.74) is 3.03. The summed E-state index contributed by atoms with van der Waals surface area (Å²) in [6, 6.07) is 17.6. The number of amides is 1. The van der Waals surface area contributed by atoms with E-state index in [0.29, 0.717) is 49.2 Å². The Kier molecular flexibility index (Phi) is 5.98. The van der Waals surface area contributed by atoms with Gasteiger partial charge in [0.05, 0.1) is 6.20 Å². The average molecular weight is 402 g/mol. The highest BCUT2D eigenvalue weighted by Gasteiger charge is 2.11. The molecule has 2 aromatic carbocycles. The molecule has 0 atom stereocenters. The van der Waals surface area contributed by atoms with E-state index in [-0.39, 0.29) is 5.91 Å². The lowest BCUT2D eigenvalue weighted by molar-refractivity contribution is -0.121.